The van der Waals surface area contributed by atoms with E-state index in [4.69, 9.17) is 0 Å². The monoisotopic (exact) mass is 319 g/mol. The van der Waals surface area contributed by atoms with Gasteiger partial charge in [-0.2, -0.15) is 13.2 Å². The number of carbonyl (C=O) groups is 1. The average Bonchev–Trinajstić information content (AvgIpc) is 2.49. The van der Waals surface area contributed by atoms with Crippen molar-refractivity contribution in [1.29, 1.82) is 0 Å². The molecule has 2 aromatic carbocycles. The van der Waals surface area contributed by atoms with Gasteiger partial charge in [-0.05, 0) is 36.6 Å². The Hall–Kier alpha value is -2.56. The summed E-state index contributed by atoms with van der Waals surface area (Å²) in [5.41, 5.74) is 1.26. The number of aryl methyl sites for hydroxylation is 1. The van der Waals surface area contributed by atoms with Crippen molar-refractivity contribution in [3.05, 3.63) is 71.3 Å². The van der Waals surface area contributed by atoms with Gasteiger partial charge in [-0.25, -0.2) is 0 Å². The third-order valence-electron chi connectivity index (χ3n) is 3.53. The van der Waals surface area contributed by atoms with Crippen molar-refractivity contribution in [2.75, 3.05) is 5.32 Å². The summed E-state index contributed by atoms with van der Waals surface area (Å²) in [5, 5.41) is 2.51. The summed E-state index contributed by atoms with van der Waals surface area (Å²) in [6, 6.07) is 12.5. The van der Waals surface area contributed by atoms with Crippen LogP contribution in [0.3, 0.4) is 0 Å². The quantitative estimate of drug-likeness (QED) is 0.802. The van der Waals surface area contributed by atoms with Crippen LogP contribution in [0, 0.1) is 13.8 Å². The molecule has 0 unspecified atom stereocenters. The van der Waals surface area contributed by atoms with Gasteiger partial charge in [-0.1, -0.05) is 42.5 Å². The highest BCUT2D eigenvalue weighted by molar-refractivity contribution is 6.05. The molecule has 5 heteroatoms. The molecule has 1 amide bonds. The fourth-order valence-electron chi connectivity index (χ4n) is 2.13. The summed E-state index contributed by atoms with van der Waals surface area (Å²) in [4.78, 5) is 12.0. The number of alkyl halides is 3. The highest BCUT2D eigenvalue weighted by atomic mass is 19.4. The Bertz CT molecular complexity index is 734. The van der Waals surface area contributed by atoms with Crippen LogP contribution in [0.2, 0.25) is 0 Å². The lowest BCUT2D eigenvalue weighted by Crippen LogP contribution is -2.16. The first kappa shape index (κ1) is 16.8. The van der Waals surface area contributed by atoms with Crippen molar-refractivity contribution in [2.45, 2.75) is 20.0 Å². The molecular weight excluding hydrogens is 303 g/mol. The van der Waals surface area contributed by atoms with E-state index in [1.54, 1.807) is 25.1 Å². The van der Waals surface area contributed by atoms with Crippen LogP contribution in [-0.2, 0) is 4.79 Å². The second kappa shape index (κ2) is 6.69. The van der Waals surface area contributed by atoms with E-state index in [9.17, 15) is 18.0 Å². The smallest absolute Gasteiger partial charge is 0.322 e. The largest absolute Gasteiger partial charge is 0.417 e. The van der Waals surface area contributed by atoms with Gasteiger partial charge in [0.1, 0.15) is 0 Å². The molecule has 0 aliphatic heterocycles. The second-order valence-electron chi connectivity index (χ2n) is 5.16. The van der Waals surface area contributed by atoms with Gasteiger partial charge < -0.3 is 5.32 Å². The molecule has 0 atom stereocenters. The summed E-state index contributed by atoms with van der Waals surface area (Å²) in [5.74, 6) is -0.810. The SMILES string of the molecule is Cc1cccc(NC(=O)/C=C(/c2ccccc2)C(F)(F)F)c1C. The molecule has 2 nitrogen and oxygen atoms in total. The Morgan fingerprint density at radius 3 is 2.26 bits per heavy atom. The number of nitrogens with one attached hydrogen (secondary N) is 1. The maximum Gasteiger partial charge on any atom is 0.417 e. The molecule has 120 valence electrons. The molecule has 2 rings (SSSR count). The Morgan fingerprint density at radius 2 is 1.65 bits per heavy atom. The summed E-state index contributed by atoms with van der Waals surface area (Å²) in [7, 11) is 0. The molecule has 0 aliphatic rings. The van der Waals surface area contributed by atoms with Crippen LogP contribution in [0.5, 0.6) is 0 Å². The summed E-state index contributed by atoms with van der Waals surface area (Å²) < 4.78 is 39.6. The molecule has 0 aromatic heterocycles. The van der Waals surface area contributed by atoms with Crippen molar-refractivity contribution in [2.24, 2.45) is 0 Å². The number of halogens is 3. The third kappa shape index (κ3) is 4.22. The van der Waals surface area contributed by atoms with Crippen LogP contribution >= 0.6 is 0 Å². The fourth-order valence-corrected chi connectivity index (χ4v) is 2.13. The van der Waals surface area contributed by atoms with E-state index in [0.29, 0.717) is 11.8 Å². The molecule has 0 radical (unpaired) electrons. The molecule has 0 aliphatic carbocycles. The lowest BCUT2D eigenvalue weighted by atomic mass is 10.0. The van der Waals surface area contributed by atoms with Crippen LogP contribution in [0.4, 0.5) is 18.9 Å². The molecule has 1 N–H and O–H groups in total. The summed E-state index contributed by atoms with van der Waals surface area (Å²) in [6.07, 6.45) is -4.02. The van der Waals surface area contributed by atoms with Crippen LogP contribution in [0.25, 0.3) is 5.57 Å². The third-order valence-corrected chi connectivity index (χ3v) is 3.53. The zero-order chi connectivity index (χ0) is 17.0. The van der Waals surface area contributed by atoms with Crippen molar-refractivity contribution in [1.82, 2.24) is 0 Å². The van der Waals surface area contributed by atoms with Gasteiger partial charge >= 0.3 is 6.18 Å². The van der Waals surface area contributed by atoms with Gasteiger partial charge in [-0.3, -0.25) is 4.79 Å². The first-order valence-electron chi connectivity index (χ1n) is 7.00. The number of hydrogen-bond acceptors (Lipinski definition) is 1. The van der Waals surface area contributed by atoms with Gasteiger partial charge in [0.2, 0.25) is 5.91 Å². The fraction of sp³-hybridized carbons (Fsp3) is 0.167. The molecule has 23 heavy (non-hydrogen) atoms. The number of amides is 1. The number of anilines is 1. The predicted octanol–water partition coefficient (Wildman–Crippen LogP) is 4.89. The highest BCUT2D eigenvalue weighted by Gasteiger charge is 2.35. The number of rotatable bonds is 3. The number of hydrogen-bond donors (Lipinski definition) is 1. The minimum atomic E-state index is -4.61. The number of benzene rings is 2. The van der Waals surface area contributed by atoms with Crippen LogP contribution in [0.15, 0.2) is 54.6 Å². The minimum absolute atomic E-state index is 0.0453. The average molecular weight is 319 g/mol. The number of carbonyl (C=O) groups excluding carboxylic acids is 1. The Balaban J connectivity index is 2.33. The van der Waals surface area contributed by atoms with Crippen molar-refractivity contribution in [3.8, 4) is 0 Å². The van der Waals surface area contributed by atoms with E-state index < -0.39 is 17.7 Å². The number of allylic oxidation sites excluding steroid dienone is 1. The topological polar surface area (TPSA) is 29.1 Å². The molecule has 0 spiro atoms. The van der Waals surface area contributed by atoms with Gasteiger partial charge in [0.15, 0.2) is 0 Å². The molecule has 0 fully saturated rings. The Morgan fingerprint density at radius 1 is 1.00 bits per heavy atom. The molecular formula is C18H16F3NO. The van der Waals surface area contributed by atoms with Crippen LogP contribution in [0.1, 0.15) is 16.7 Å². The standard InChI is InChI=1S/C18H16F3NO/c1-12-7-6-10-16(13(12)2)22-17(23)11-15(18(19,20)21)14-8-4-3-5-9-14/h3-11H,1-2H3,(H,22,23)/b15-11-. The second-order valence-corrected chi connectivity index (χ2v) is 5.16. The van der Waals surface area contributed by atoms with E-state index in [0.717, 1.165) is 11.1 Å². The van der Waals surface area contributed by atoms with Gasteiger partial charge in [0.25, 0.3) is 0 Å². The Labute approximate surface area is 132 Å². The van der Waals surface area contributed by atoms with E-state index in [1.807, 2.05) is 13.0 Å². The maximum absolute atomic E-state index is 13.2. The molecule has 0 saturated heterocycles. The van der Waals surface area contributed by atoms with Gasteiger partial charge in [0, 0.05) is 11.8 Å². The molecule has 0 heterocycles. The van der Waals surface area contributed by atoms with E-state index in [1.165, 1.54) is 24.3 Å². The zero-order valence-corrected chi connectivity index (χ0v) is 12.7. The highest BCUT2D eigenvalue weighted by Crippen LogP contribution is 2.33. The van der Waals surface area contributed by atoms with Crippen molar-refractivity contribution >= 4 is 17.2 Å². The first-order valence-corrected chi connectivity index (χ1v) is 7.00. The van der Waals surface area contributed by atoms with Crippen LogP contribution < -0.4 is 5.32 Å². The van der Waals surface area contributed by atoms with Crippen molar-refractivity contribution < 1.29 is 18.0 Å². The van der Waals surface area contributed by atoms with E-state index in [-0.39, 0.29) is 5.56 Å². The van der Waals surface area contributed by atoms with Gasteiger partial charge in [0.05, 0.1) is 5.57 Å². The molecule has 2 aromatic rings. The first-order chi connectivity index (χ1) is 10.8. The minimum Gasteiger partial charge on any atom is -0.322 e. The zero-order valence-electron chi connectivity index (χ0n) is 12.7. The lowest BCUT2D eigenvalue weighted by Gasteiger charge is -2.13. The van der Waals surface area contributed by atoms with E-state index in [2.05, 4.69) is 5.32 Å². The summed E-state index contributed by atoms with van der Waals surface area (Å²) >= 11 is 0. The van der Waals surface area contributed by atoms with Crippen LogP contribution in [-0.4, -0.2) is 12.1 Å². The van der Waals surface area contributed by atoms with Crippen molar-refractivity contribution in [3.63, 3.8) is 0 Å². The van der Waals surface area contributed by atoms with E-state index >= 15 is 0 Å². The Kier molecular flexibility index (Phi) is 4.89. The molecule has 0 bridgehead atoms. The summed E-state index contributed by atoms with van der Waals surface area (Å²) in [6.45, 7) is 3.67. The molecule has 0 saturated carbocycles. The predicted molar refractivity (Wildman–Crippen MR) is 85.0 cm³/mol. The normalized spacial score (nSPS) is 12.1. The maximum atomic E-state index is 13.2. The van der Waals surface area contributed by atoms with Gasteiger partial charge in [-0.15, -0.1) is 0 Å². The lowest BCUT2D eigenvalue weighted by molar-refractivity contribution is -0.112.